The van der Waals surface area contributed by atoms with E-state index >= 15 is 0 Å². The van der Waals surface area contributed by atoms with Crippen LogP contribution in [0, 0.1) is 13.8 Å². The molecular weight excluding hydrogens is 148 g/mol. The molecule has 0 atom stereocenters. The Morgan fingerprint density at radius 1 is 1.08 bits per heavy atom. The highest BCUT2D eigenvalue weighted by Gasteiger charge is 1.92. The minimum Gasteiger partial charge on any atom is -0.275 e. The summed E-state index contributed by atoms with van der Waals surface area (Å²) < 4.78 is 1.82. The van der Waals surface area contributed by atoms with Crippen molar-refractivity contribution in [3.05, 3.63) is 17.5 Å². The third-order valence-corrected chi connectivity index (χ3v) is 1.26. The summed E-state index contributed by atoms with van der Waals surface area (Å²) in [5.41, 5.74) is 2.38. The fraction of sp³-hybridized carbons (Fsp3) is 0.700. The van der Waals surface area contributed by atoms with E-state index in [4.69, 9.17) is 0 Å². The Labute approximate surface area is 76.6 Å². The first-order valence-electron chi connectivity index (χ1n) is 4.67. The Balaban J connectivity index is 0. The molecule has 1 heterocycles. The van der Waals surface area contributed by atoms with E-state index in [0.717, 1.165) is 5.69 Å². The van der Waals surface area contributed by atoms with Crippen LogP contribution >= 0.6 is 0 Å². The van der Waals surface area contributed by atoms with E-state index in [2.05, 4.69) is 12.0 Å². The minimum atomic E-state index is 1.12. The van der Waals surface area contributed by atoms with Crippen molar-refractivity contribution in [2.45, 2.75) is 41.5 Å². The molecule has 72 valence electrons. The van der Waals surface area contributed by atoms with Crippen molar-refractivity contribution < 1.29 is 0 Å². The molecule has 0 unspecified atom stereocenters. The van der Waals surface area contributed by atoms with E-state index in [0.29, 0.717) is 0 Å². The highest BCUT2D eigenvalue weighted by Crippen LogP contribution is 1.99. The lowest BCUT2D eigenvalue weighted by Crippen LogP contribution is -1.86. The average molecular weight is 170 g/mol. The summed E-state index contributed by atoms with van der Waals surface area (Å²) in [6.07, 6.45) is 2.01. The first kappa shape index (κ1) is 13.8. The van der Waals surface area contributed by atoms with Crippen molar-refractivity contribution in [3.63, 3.8) is 0 Å². The first-order chi connectivity index (χ1) is 5.70. The van der Waals surface area contributed by atoms with Gasteiger partial charge >= 0.3 is 0 Å². The van der Waals surface area contributed by atoms with Crippen LogP contribution in [-0.2, 0) is 7.05 Å². The monoisotopic (exact) mass is 170 g/mol. The number of aromatic nitrogens is 2. The van der Waals surface area contributed by atoms with E-state index in [1.54, 1.807) is 0 Å². The normalized spacial score (nSPS) is 7.58. The second kappa shape index (κ2) is 8.31. The summed E-state index contributed by atoms with van der Waals surface area (Å²) in [6, 6.07) is 0. The maximum absolute atomic E-state index is 4.13. The molecule has 0 N–H and O–H groups in total. The lowest BCUT2D eigenvalue weighted by Gasteiger charge is -1.79. The van der Waals surface area contributed by atoms with Gasteiger partial charge in [-0.25, -0.2) is 0 Å². The Kier molecular flexibility index (Phi) is 9.54. The predicted molar refractivity (Wildman–Crippen MR) is 55.4 cm³/mol. The van der Waals surface area contributed by atoms with E-state index in [-0.39, 0.29) is 0 Å². The zero-order chi connectivity index (χ0) is 10.1. The highest BCUT2D eigenvalue weighted by molar-refractivity contribution is 5.11. The summed E-state index contributed by atoms with van der Waals surface area (Å²) in [5.74, 6) is 0. The zero-order valence-electron chi connectivity index (χ0n) is 9.47. The predicted octanol–water partition coefficient (Wildman–Crippen LogP) is 3.09. The molecule has 0 saturated heterocycles. The van der Waals surface area contributed by atoms with Crippen LogP contribution in [0.25, 0.3) is 0 Å². The third-order valence-electron chi connectivity index (χ3n) is 1.26. The smallest absolute Gasteiger partial charge is 0.0622 e. The van der Waals surface area contributed by atoms with Gasteiger partial charge < -0.3 is 0 Å². The molecular formula is C10H22N2. The fourth-order valence-corrected chi connectivity index (χ4v) is 0.718. The van der Waals surface area contributed by atoms with Gasteiger partial charge in [-0.15, -0.1) is 0 Å². The number of nitrogens with zero attached hydrogens (tertiary/aromatic N) is 2. The maximum atomic E-state index is 4.13. The van der Waals surface area contributed by atoms with Crippen molar-refractivity contribution in [1.29, 1.82) is 0 Å². The summed E-state index contributed by atoms with van der Waals surface area (Å²) in [5, 5.41) is 4.13. The molecule has 1 aromatic rings. The van der Waals surface area contributed by atoms with Gasteiger partial charge in [0.2, 0.25) is 0 Å². The summed E-state index contributed by atoms with van der Waals surface area (Å²) in [6.45, 7) is 12.1. The highest BCUT2D eigenvalue weighted by atomic mass is 15.2. The second-order valence-electron chi connectivity index (χ2n) is 2.07. The van der Waals surface area contributed by atoms with Crippen molar-refractivity contribution in [2.75, 3.05) is 0 Å². The molecule has 12 heavy (non-hydrogen) atoms. The number of hydrogen-bond acceptors (Lipinski definition) is 1. The van der Waals surface area contributed by atoms with Crippen LogP contribution in [0.5, 0.6) is 0 Å². The fourth-order valence-electron chi connectivity index (χ4n) is 0.718. The lowest BCUT2D eigenvalue weighted by molar-refractivity contribution is 0.756. The standard InChI is InChI=1S/C6H10N2.2C2H6/c1-5-4-8(3)7-6(5)2;2*1-2/h4H,1-3H3;2*1-2H3. The van der Waals surface area contributed by atoms with Gasteiger partial charge in [-0.3, -0.25) is 4.68 Å². The van der Waals surface area contributed by atoms with Gasteiger partial charge in [0, 0.05) is 13.2 Å². The van der Waals surface area contributed by atoms with E-state index in [1.165, 1.54) is 5.56 Å². The van der Waals surface area contributed by atoms with Gasteiger partial charge in [0.1, 0.15) is 0 Å². The van der Waals surface area contributed by atoms with E-state index in [1.807, 2.05) is 52.5 Å². The Hall–Kier alpha value is -0.790. The van der Waals surface area contributed by atoms with Crippen molar-refractivity contribution >= 4 is 0 Å². The lowest BCUT2D eigenvalue weighted by atomic mass is 10.3. The van der Waals surface area contributed by atoms with Crippen LogP contribution in [-0.4, -0.2) is 9.78 Å². The molecule has 0 aromatic carbocycles. The van der Waals surface area contributed by atoms with Crippen LogP contribution in [0.2, 0.25) is 0 Å². The summed E-state index contributed by atoms with van der Waals surface area (Å²) >= 11 is 0. The molecule has 0 amide bonds. The molecule has 0 fully saturated rings. The van der Waals surface area contributed by atoms with Crippen molar-refractivity contribution in [1.82, 2.24) is 9.78 Å². The second-order valence-corrected chi connectivity index (χ2v) is 2.07. The van der Waals surface area contributed by atoms with Crippen LogP contribution in [0.3, 0.4) is 0 Å². The molecule has 0 aliphatic carbocycles. The quantitative estimate of drug-likeness (QED) is 0.585. The molecule has 0 aliphatic heterocycles. The number of aryl methyl sites for hydroxylation is 3. The van der Waals surface area contributed by atoms with Gasteiger partial charge in [-0.1, -0.05) is 27.7 Å². The molecule has 2 nitrogen and oxygen atoms in total. The molecule has 0 radical (unpaired) electrons. The molecule has 1 rings (SSSR count). The van der Waals surface area contributed by atoms with Gasteiger partial charge in [-0.2, -0.15) is 5.10 Å². The molecule has 0 spiro atoms. The van der Waals surface area contributed by atoms with Crippen LogP contribution in [0.1, 0.15) is 39.0 Å². The average Bonchev–Trinajstić information content (AvgIpc) is 2.37. The van der Waals surface area contributed by atoms with Gasteiger partial charge in [-0.05, 0) is 19.4 Å². The zero-order valence-corrected chi connectivity index (χ0v) is 9.47. The molecule has 0 bridgehead atoms. The van der Waals surface area contributed by atoms with Gasteiger partial charge in [0.15, 0.2) is 0 Å². The van der Waals surface area contributed by atoms with Crippen molar-refractivity contribution in [2.24, 2.45) is 7.05 Å². The van der Waals surface area contributed by atoms with E-state index in [9.17, 15) is 0 Å². The minimum absolute atomic E-state index is 1.12. The van der Waals surface area contributed by atoms with E-state index < -0.39 is 0 Å². The maximum Gasteiger partial charge on any atom is 0.0622 e. The largest absolute Gasteiger partial charge is 0.275 e. The first-order valence-corrected chi connectivity index (χ1v) is 4.67. The molecule has 0 saturated carbocycles. The summed E-state index contributed by atoms with van der Waals surface area (Å²) in [4.78, 5) is 0. The topological polar surface area (TPSA) is 17.8 Å². The third kappa shape index (κ3) is 4.94. The number of hydrogen-bond donors (Lipinski definition) is 0. The van der Waals surface area contributed by atoms with Crippen LogP contribution < -0.4 is 0 Å². The molecule has 2 heteroatoms. The molecule has 1 aromatic heterocycles. The Morgan fingerprint density at radius 3 is 1.58 bits per heavy atom. The van der Waals surface area contributed by atoms with Crippen LogP contribution in [0.4, 0.5) is 0 Å². The van der Waals surface area contributed by atoms with Crippen molar-refractivity contribution in [3.8, 4) is 0 Å². The Morgan fingerprint density at radius 2 is 1.50 bits per heavy atom. The van der Waals surface area contributed by atoms with Crippen LogP contribution in [0.15, 0.2) is 6.20 Å². The Bertz CT molecular complexity index is 170. The number of rotatable bonds is 0. The summed E-state index contributed by atoms with van der Waals surface area (Å²) in [7, 11) is 1.93. The molecule has 0 aliphatic rings. The van der Waals surface area contributed by atoms with Gasteiger partial charge in [0.25, 0.3) is 0 Å². The van der Waals surface area contributed by atoms with Gasteiger partial charge in [0.05, 0.1) is 5.69 Å². The SMILES string of the molecule is CC.CC.Cc1cn(C)nc1C.